The molecule has 1 aromatic carbocycles. The summed E-state index contributed by atoms with van der Waals surface area (Å²) in [5.41, 5.74) is 1.89. The van der Waals surface area contributed by atoms with Crippen molar-refractivity contribution in [3.8, 4) is 10.6 Å². The third kappa shape index (κ3) is 3.85. The minimum atomic E-state index is -0.237. The molecule has 3 nitrogen and oxygen atoms in total. The molecule has 1 aromatic heterocycles. The van der Waals surface area contributed by atoms with Crippen molar-refractivity contribution >= 4 is 11.3 Å². The van der Waals surface area contributed by atoms with Gasteiger partial charge in [-0.2, -0.15) is 0 Å². The Labute approximate surface area is 122 Å². The molecule has 5 heteroatoms. The summed E-state index contributed by atoms with van der Waals surface area (Å²) in [5.74, 6) is -0.0239. The maximum absolute atomic E-state index is 12.9. The smallest absolute Gasteiger partial charge is 0.123 e. The Hall–Kier alpha value is -1.30. The molecule has 0 fully saturated rings. The average molecular weight is 294 g/mol. The maximum atomic E-state index is 12.9. The van der Waals surface area contributed by atoms with Gasteiger partial charge in [-0.25, -0.2) is 9.37 Å². The SMILES string of the molecule is CC(CO)C(C)NCc1csc(-c2ccc(F)cc2)n1. The lowest BCUT2D eigenvalue weighted by molar-refractivity contribution is 0.207. The molecule has 2 rings (SSSR count). The van der Waals surface area contributed by atoms with Gasteiger partial charge in [-0.3, -0.25) is 0 Å². The molecule has 2 aromatic rings. The number of thiazole rings is 1. The quantitative estimate of drug-likeness (QED) is 0.860. The van der Waals surface area contributed by atoms with E-state index in [2.05, 4.69) is 10.3 Å². The lowest BCUT2D eigenvalue weighted by atomic mass is 10.1. The van der Waals surface area contributed by atoms with Crippen molar-refractivity contribution in [1.29, 1.82) is 0 Å². The summed E-state index contributed by atoms with van der Waals surface area (Å²) in [4.78, 5) is 4.54. The molecule has 0 aliphatic heterocycles. The standard InChI is InChI=1S/C15H19FN2OS/c1-10(8-19)11(2)17-7-14-9-20-15(18-14)12-3-5-13(16)6-4-12/h3-6,9-11,17,19H,7-8H2,1-2H3. The minimum absolute atomic E-state index is 0.173. The zero-order chi connectivity index (χ0) is 14.5. The lowest BCUT2D eigenvalue weighted by Gasteiger charge is -2.18. The first kappa shape index (κ1) is 15.1. The van der Waals surface area contributed by atoms with Crippen molar-refractivity contribution in [2.75, 3.05) is 6.61 Å². The molecular formula is C15H19FN2OS. The molecule has 2 N–H and O–H groups in total. The first-order chi connectivity index (χ1) is 9.60. The van der Waals surface area contributed by atoms with Gasteiger partial charge in [0, 0.05) is 30.1 Å². The van der Waals surface area contributed by atoms with E-state index in [1.165, 1.54) is 12.1 Å². The second-order valence-electron chi connectivity index (χ2n) is 4.98. The summed E-state index contributed by atoms with van der Waals surface area (Å²) in [7, 11) is 0. The summed E-state index contributed by atoms with van der Waals surface area (Å²) in [6.45, 7) is 4.89. The van der Waals surface area contributed by atoms with Crippen molar-refractivity contribution in [3.05, 3.63) is 41.2 Å². The van der Waals surface area contributed by atoms with Gasteiger partial charge in [0.1, 0.15) is 10.8 Å². The number of halogens is 1. The Morgan fingerprint density at radius 2 is 2.00 bits per heavy atom. The molecule has 0 aliphatic rings. The van der Waals surface area contributed by atoms with Crippen LogP contribution in [0.3, 0.4) is 0 Å². The molecule has 1 heterocycles. The van der Waals surface area contributed by atoms with Crippen LogP contribution in [0.4, 0.5) is 4.39 Å². The van der Waals surface area contributed by atoms with Gasteiger partial charge in [-0.15, -0.1) is 11.3 Å². The second-order valence-corrected chi connectivity index (χ2v) is 5.84. The fraction of sp³-hybridized carbons (Fsp3) is 0.400. The normalized spacial score (nSPS) is 14.2. The molecule has 0 amide bonds. The number of benzene rings is 1. The number of rotatable bonds is 6. The van der Waals surface area contributed by atoms with Gasteiger partial charge < -0.3 is 10.4 Å². The van der Waals surface area contributed by atoms with E-state index in [1.807, 2.05) is 19.2 Å². The number of nitrogens with one attached hydrogen (secondary N) is 1. The first-order valence-electron chi connectivity index (χ1n) is 6.64. The van der Waals surface area contributed by atoms with Crippen LogP contribution >= 0.6 is 11.3 Å². The number of nitrogens with zero attached hydrogens (tertiary/aromatic N) is 1. The van der Waals surface area contributed by atoms with Gasteiger partial charge in [0.2, 0.25) is 0 Å². The van der Waals surface area contributed by atoms with Crippen molar-refractivity contribution in [1.82, 2.24) is 10.3 Å². The van der Waals surface area contributed by atoms with Crippen LogP contribution in [0.25, 0.3) is 10.6 Å². The maximum Gasteiger partial charge on any atom is 0.123 e. The largest absolute Gasteiger partial charge is 0.396 e. The number of aliphatic hydroxyl groups excluding tert-OH is 1. The molecule has 0 radical (unpaired) electrons. The van der Waals surface area contributed by atoms with Gasteiger partial charge >= 0.3 is 0 Å². The first-order valence-corrected chi connectivity index (χ1v) is 7.52. The predicted octanol–water partition coefficient (Wildman–Crippen LogP) is 3.06. The summed E-state index contributed by atoms with van der Waals surface area (Å²) < 4.78 is 12.9. The monoisotopic (exact) mass is 294 g/mol. The number of aromatic nitrogens is 1. The molecular weight excluding hydrogens is 275 g/mol. The topological polar surface area (TPSA) is 45.1 Å². The predicted molar refractivity (Wildman–Crippen MR) is 80.1 cm³/mol. The Kier molecular flexibility index (Phi) is 5.23. The van der Waals surface area contributed by atoms with E-state index >= 15 is 0 Å². The van der Waals surface area contributed by atoms with E-state index in [0.717, 1.165) is 16.3 Å². The van der Waals surface area contributed by atoms with E-state index in [9.17, 15) is 4.39 Å². The average Bonchev–Trinajstić information content (AvgIpc) is 2.93. The van der Waals surface area contributed by atoms with Crippen LogP contribution in [-0.2, 0) is 6.54 Å². The highest BCUT2D eigenvalue weighted by atomic mass is 32.1. The Balaban J connectivity index is 1.97. The fourth-order valence-electron chi connectivity index (χ4n) is 1.74. The van der Waals surface area contributed by atoms with Crippen LogP contribution in [0.2, 0.25) is 0 Å². The third-order valence-corrected chi connectivity index (χ3v) is 4.33. The van der Waals surface area contributed by atoms with Crippen molar-refractivity contribution in [3.63, 3.8) is 0 Å². The molecule has 20 heavy (non-hydrogen) atoms. The Morgan fingerprint density at radius 1 is 1.30 bits per heavy atom. The molecule has 0 saturated heterocycles. The van der Waals surface area contributed by atoms with Crippen LogP contribution in [0.1, 0.15) is 19.5 Å². The summed E-state index contributed by atoms with van der Waals surface area (Å²) >= 11 is 1.55. The molecule has 0 spiro atoms. The number of hydrogen-bond donors (Lipinski definition) is 2. The van der Waals surface area contributed by atoms with Crippen LogP contribution in [0.5, 0.6) is 0 Å². The minimum Gasteiger partial charge on any atom is -0.396 e. The lowest BCUT2D eigenvalue weighted by Crippen LogP contribution is -2.33. The summed E-state index contributed by atoms with van der Waals surface area (Å²) in [6.07, 6.45) is 0. The van der Waals surface area contributed by atoms with Gasteiger partial charge in [0.05, 0.1) is 5.69 Å². The van der Waals surface area contributed by atoms with Crippen LogP contribution in [0, 0.1) is 11.7 Å². The highest BCUT2D eigenvalue weighted by Gasteiger charge is 2.11. The zero-order valence-corrected chi connectivity index (χ0v) is 12.5. The highest BCUT2D eigenvalue weighted by molar-refractivity contribution is 7.13. The molecule has 108 valence electrons. The third-order valence-electron chi connectivity index (χ3n) is 3.39. The van der Waals surface area contributed by atoms with Gasteiger partial charge in [-0.05, 0) is 37.1 Å². The molecule has 2 atom stereocenters. The van der Waals surface area contributed by atoms with Crippen LogP contribution < -0.4 is 5.32 Å². The summed E-state index contributed by atoms with van der Waals surface area (Å²) in [5, 5.41) is 15.3. The Morgan fingerprint density at radius 3 is 2.65 bits per heavy atom. The molecule has 2 unspecified atom stereocenters. The van der Waals surface area contributed by atoms with Crippen molar-refractivity contribution in [2.45, 2.75) is 26.4 Å². The van der Waals surface area contributed by atoms with Gasteiger partial charge in [0.15, 0.2) is 0 Å². The Bertz CT molecular complexity index is 541. The summed E-state index contributed by atoms with van der Waals surface area (Å²) in [6, 6.07) is 6.60. The molecule has 0 bridgehead atoms. The van der Waals surface area contributed by atoms with E-state index in [1.54, 1.807) is 23.5 Å². The van der Waals surface area contributed by atoms with E-state index in [0.29, 0.717) is 6.54 Å². The van der Waals surface area contributed by atoms with Gasteiger partial charge in [0.25, 0.3) is 0 Å². The van der Waals surface area contributed by atoms with Crippen molar-refractivity contribution < 1.29 is 9.50 Å². The molecule has 0 aliphatic carbocycles. The number of aliphatic hydroxyl groups is 1. The van der Waals surface area contributed by atoms with Crippen LogP contribution in [0.15, 0.2) is 29.6 Å². The molecule has 0 saturated carbocycles. The highest BCUT2D eigenvalue weighted by Crippen LogP contribution is 2.23. The van der Waals surface area contributed by atoms with Crippen molar-refractivity contribution in [2.24, 2.45) is 5.92 Å². The zero-order valence-electron chi connectivity index (χ0n) is 11.6. The number of hydrogen-bond acceptors (Lipinski definition) is 4. The fourth-order valence-corrected chi connectivity index (χ4v) is 2.56. The van der Waals surface area contributed by atoms with E-state index in [-0.39, 0.29) is 24.4 Å². The van der Waals surface area contributed by atoms with Gasteiger partial charge in [-0.1, -0.05) is 6.92 Å². The second kappa shape index (κ2) is 6.92. The van der Waals surface area contributed by atoms with E-state index in [4.69, 9.17) is 5.11 Å². The van der Waals surface area contributed by atoms with Crippen LogP contribution in [-0.4, -0.2) is 22.7 Å². The van der Waals surface area contributed by atoms with E-state index < -0.39 is 0 Å².